The molecule has 3 aromatic rings. The summed E-state index contributed by atoms with van der Waals surface area (Å²) in [6.45, 7) is 4.73. The standard InChI is InChI=1S/C23H34N8O2S/c1-3-5-19(34(25,32)33)15-6-10-17(11-7-15)27-21-20-22(31(4-2)14-26-20)30-23(29-21)28-18-12-8-16(24)9-13-18/h6-7,10-11,14,16,18-19H,3-5,8-9,12-13,24H2,1-2H3,(H2,25,32,33)(H2,27,28,29,30). The van der Waals surface area contributed by atoms with Crippen LogP contribution in [0.25, 0.3) is 11.2 Å². The summed E-state index contributed by atoms with van der Waals surface area (Å²) in [5.74, 6) is 1.15. The molecule has 1 aromatic carbocycles. The molecular formula is C23H34N8O2S. The van der Waals surface area contributed by atoms with Gasteiger partial charge in [0.2, 0.25) is 16.0 Å². The molecule has 0 bridgehead atoms. The molecule has 0 aliphatic heterocycles. The molecule has 1 aliphatic carbocycles. The SMILES string of the molecule is CCCC(c1ccc(Nc2nc(NC3CCC(N)CC3)nc3c2ncn3CC)cc1)S(N)(=O)=O. The van der Waals surface area contributed by atoms with Gasteiger partial charge in [-0.2, -0.15) is 9.97 Å². The van der Waals surface area contributed by atoms with Gasteiger partial charge in [-0.3, -0.25) is 0 Å². The van der Waals surface area contributed by atoms with E-state index < -0.39 is 15.3 Å². The van der Waals surface area contributed by atoms with Gasteiger partial charge < -0.3 is 20.9 Å². The number of nitrogens with two attached hydrogens (primary N) is 2. The average Bonchev–Trinajstić information content (AvgIpc) is 3.22. The Bertz CT molecular complexity index is 1220. The van der Waals surface area contributed by atoms with Crippen molar-refractivity contribution in [3.63, 3.8) is 0 Å². The highest BCUT2D eigenvalue weighted by atomic mass is 32.2. The number of hydrogen-bond donors (Lipinski definition) is 4. The number of hydrogen-bond acceptors (Lipinski definition) is 8. The number of rotatable bonds is 9. The molecule has 34 heavy (non-hydrogen) atoms. The largest absolute Gasteiger partial charge is 0.351 e. The first kappa shape index (κ1) is 24.4. The van der Waals surface area contributed by atoms with Crippen molar-refractivity contribution >= 4 is 38.6 Å². The van der Waals surface area contributed by atoms with E-state index in [2.05, 4.69) is 15.6 Å². The molecule has 1 unspecified atom stereocenters. The summed E-state index contributed by atoms with van der Waals surface area (Å²) in [4.78, 5) is 14.0. The summed E-state index contributed by atoms with van der Waals surface area (Å²) < 4.78 is 26.0. The van der Waals surface area contributed by atoms with Crippen LogP contribution >= 0.6 is 0 Å². The molecule has 184 valence electrons. The van der Waals surface area contributed by atoms with Crippen LogP contribution in [-0.2, 0) is 16.6 Å². The van der Waals surface area contributed by atoms with Crippen molar-refractivity contribution in [1.29, 1.82) is 0 Å². The molecule has 1 fully saturated rings. The maximum atomic E-state index is 12.0. The van der Waals surface area contributed by atoms with Crippen LogP contribution in [0.5, 0.6) is 0 Å². The van der Waals surface area contributed by atoms with E-state index in [4.69, 9.17) is 20.8 Å². The minimum absolute atomic E-state index is 0.273. The zero-order valence-electron chi connectivity index (χ0n) is 19.7. The van der Waals surface area contributed by atoms with Crippen LogP contribution in [0.1, 0.15) is 63.2 Å². The molecule has 1 atom stereocenters. The Hall–Kier alpha value is -2.76. The molecule has 1 aliphatic rings. The highest BCUT2D eigenvalue weighted by Gasteiger charge is 2.23. The van der Waals surface area contributed by atoms with Crippen LogP contribution in [0.3, 0.4) is 0 Å². The van der Waals surface area contributed by atoms with Gasteiger partial charge in [0.25, 0.3) is 0 Å². The number of nitrogens with zero attached hydrogens (tertiary/aromatic N) is 4. The number of aromatic nitrogens is 4. The lowest BCUT2D eigenvalue weighted by molar-refractivity contribution is 0.410. The Morgan fingerprint density at radius 1 is 1.12 bits per heavy atom. The van der Waals surface area contributed by atoms with Crippen molar-refractivity contribution in [3.8, 4) is 0 Å². The zero-order chi connectivity index (χ0) is 24.3. The summed E-state index contributed by atoms with van der Waals surface area (Å²) in [7, 11) is -3.67. The maximum Gasteiger partial charge on any atom is 0.227 e. The van der Waals surface area contributed by atoms with E-state index in [0.717, 1.165) is 50.0 Å². The minimum atomic E-state index is -3.67. The Morgan fingerprint density at radius 3 is 2.44 bits per heavy atom. The second-order valence-electron chi connectivity index (χ2n) is 8.97. The molecule has 2 aromatic heterocycles. The average molecular weight is 487 g/mol. The van der Waals surface area contributed by atoms with E-state index in [9.17, 15) is 8.42 Å². The molecular weight excluding hydrogens is 452 g/mol. The summed E-state index contributed by atoms with van der Waals surface area (Å²) in [5, 5.41) is 11.6. The van der Waals surface area contributed by atoms with Gasteiger partial charge in [0.15, 0.2) is 17.0 Å². The quantitative estimate of drug-likeness (QED) is 0.359. The molecule has 1 saturated carbocycles. The number of anilines is 3. The Morgan fingerprint density at radius 2 is 1.82 bits per heavy atom. The van der Waals surface area contributed by atoms with Crippen LogP contribution in [0.4, 0.5) is 17.5 Å². The molecule has 11 heteroatoms. The maximum absolute atomic E-state index is 12.0. The number of primary sulfonamides is 1. The van der Waals surface area contributed by atoms with E-state index in [1.807, 2.05) is 30.5 Å². The third kappa shape index (κ3) is 5.48. The summed E-state index contributed by atoms with van der Waals surface area (Å²) in [5.41, 5.74) is 8.93. The van der Waals surface area contributed by atoms with Crippen LogP contribution < -0.4 is 21.5 Å². The fourth-order valence-corrected chi connectivity index (χ4v) is 5.57. The Labute approximate surface area is 200 Å². The molecule has 0 amide bonds. The van der Waals surface area contributed by atoms with Gasteiger partial charge in [0.1, 0.15) is 5.25 Å². The first-order valence-electron chi connectivity index (χ1n) is 11.9. The number of nitrogens with one attached hydrogen (secondary N) is 2. The van der Waals surface area contributed by atoms with Crippen molar-refractivity contribution < 1.29 is 8.42 Å². The van der Waals surface area contributed by atoms with Gasteiger partial charge in [0, 0.05) is 24.3 Å². The lowest BCUT2D eigenvalue weighted by Gasteiger charge is -2.26. The van der Waals surface area contributed by atoms with Crippen molar-refractivity contribution in [1.82, 2.24) is 19.5 Å². The number of fused-ring (bicyclic) bond motifs is 1. The van der Waals surface area contributed by atoms with E-state index in [0.29, 0.717) is 29.3 Å². The Kier molecular flexibility index (Phi) is 7.34. The monoisotopic (exact) mass is 486 g/mol. The molecule has 0 saturated heterocycles. The third-order valence-corrected chi connectivity index (χ3v) is 7.70. The first-order chi connectivity index (χ1) is 16.3. The van der Waals surface area contributed by atoms with Gasteiger partial charge in [-0.05, 0) is 56.7 Å². The highest BCUT2D eigenvalue weighted by molar-refractivity contribution is 7.89. The molecule has 6 N–H and O–H groups in total. The highest BCUT2D eigenvalue weighted by Crippen LogP contribution is 2.29. The molecule has 0 spiro atoms. The number of imidazole rings is 1. The second kappa shape index (κ2) is 10.2. The van der Waals surface area contributed by atoms with Gasteiger partial charge in [-0.15, -0.1) is 0 Å². The van der Waals surface area contributed by atoms with Crippen molar-refractivity contribution in [2.24, 2.45) is 10.9 Å². The first-order valence-corrected chi connectivity index (χ1v) is 13.5. The van der Waals surface area contributed by atoms with Crippen LogP contribution in [0.15, 0.2) is 30.6 Å². The Balaban J connectivity index is 1.61. The van der Waals surface area contributed by atoms with E-state index >= 15 is 0 Å². The van der Waals surface area contributed by atoms with Gasteiger partial charge in [-0.1, -0.05) is 25.5 Å². The van der Waals surface area contributed by atoms with Gasteiger partial charge >= 0.3 is 0 Å². The number of sulfonamides is 1. The fraction of sp³-hybridized carbons (Fsp3) is 0.522. The topological polar surface area (TPSA) is 154 Å². The zero-order valence-corrected chi connectivity index (χ0v) is 20.6. The number of aryl methyl sites for hydroxylation is 1. The summed E-state index contributed by atoms with van der Waals surface area (Å²) in [6, 6.07) is 7.82. The lowest BCUT2D eigenvalue weighted by atomic mass is 9.92. The molecule has 4 rings (SSSR count). The van der Waals surface area contributed by atoms with Crippen molar-refractivity contribution in [3.05, 3.63) is 36.2 Å². The molecule has 0 radical (unpaired) electrons. The van der Waals surface area contributed by atoms with Crippen molar-refractivity contribution in [2.45, 2.75) is 76.3 Å². The molecule has 10 nitrogen and oxygen atoms in total. The fourth-order valence-electron chi connectivity index (χ4n) is 4.47. The van der Waals surface area contributed by atoms with E-state index in [-0.39, 0.29) is 12.1 Å². The normalized spacial score (nSPS) is 19.8. The summed E-state index contributed by atoms with van der Waals surface area (Å²) >= 11 is 0. The van der Waals surface area contributed by atoms with Crippen LogP contribution in [0, 0.1) is 0 Å². The summed E-state index contributed by atoms with van der Waals surface area (Å²) in [6.07, 6.45) is 6.92. The van der Waals surface area contributed by atoms with E-state index in [1.54, 1.807) is 18.5 Å². The van der Waals surface area contributed by atoms with E-state index in [1.165, 1.54) is 0 Å². The second-order valence-corrected chi connectivity index (χ2v) is 10.7. The predicted octanol–water partition coefficient (Wildman–Crippen LogP) is 3.40. The minimum Gasteiger partial charge on any atom is -0.351 e. The number of benzene rings is 1. The van der Waals surface area contributed by atoms with Gasteiger partial charge in [0.05, 0.1) is 6.33 Å². The molecule has 2 heterocycles. The third-order valence-electron chi connectivity index (χ3n) is 6.40. The smallest absolute Gasteiger partial charge is 0.227 e. The lowest BCUT2D eigenvalue weighted by Crippen LogP contribution is -2.33. The van der Waals surface area contributed by atoms with Crippen LogP contribution in [-0.4, -0.2) is 40.0 Å². The van der Waals surface area contributed by atoms with Gasteiger partial charge in [-0.25, -0.2) is 18.5 Å². The van der Waals surface area contributed by atoms with Crippen LogP contribution in [0.2, 0.25) is 0 Å². The van der Waals surface area contributed by atoms with Crippen molar-refractivity contribution in [2.75, 3.05) is 10.6 Å². The predicted molar refractivity (Wildman–Crippen MR) is 135 cm³/mol.